The molecule has 1 aromatic heterocycles. The Labute approximate surface area is 122 Å². The molecule has 20 heavy (non-hydrogen) atoms. The van der Waals surface area contributed by atoms with Gasteiger partial charge in [0.2, 0.25) is 10.0 Å². The van der Waals surface area contributed by atoms with Gasteiger partial charge in [-0.1, -0.05) is 13.8 Å². The molecule has 0 atom stereocenters. The van der Waals surface area contributed by atoms with E-state index < -0.39 is 10.0 Å². The van der Waals surface area contributed by atoms with Gasteiger partial charge in [-0.3, -0.25) is 0 Å². The van der Waals surface area contributed by atoms with Crippen LogP contribution in [0.1, 0.15) is 43.8 Å². The minimum Gasteiger partial charge on any atom is -0.465 e. The summed E-state index contributed by atoms with van der Waals surface area (Å²) in [7, 11) is -1.72. The molecule has 0 amide bonds. The molecule has 0 aliphatic rings. The summed E-state index contributed by atoms with van der Waals surface area (Å²) in [6.07, 6.45) is 1.85. The van der Waals surface area contributed by atoms with Crippen molar-refractivity contribution in [3.8, 4) is 0 Å². The number of aryl methyl sites for hydroxylation is 2. The molecule has 116 valence electrons. The topological polar surface area (TPSA) is 71.3 Å². The summed E-state index contributed by atoms with van der Waals surface area (Å²) in [6.45, 7) is 8.67. The average molecular weight is 302 g/mol. The van der Waals surface area contributed by atoms with Crippen LogP contribution in [0.4, 0.5) is 0 Å². The van der Waals surface area contributed by atoms with E-state index in [-0.39, 0.29) is 4.90 Å². The van der Waals surface area contributed by atoms with Gasteiger partial charge in [0.15, 0.2) is 0 Å². The molecule has 5 nitrogen and oxygen atoms in total. The molecule has 0 spiro atoms. The number of nitrogens with one attached hydrogen (secondary N) is 2. The summed E-state index contributed by atoms with van der Waals surface area (Å²) in [5, 5.41) is 2.98. The quantitative estimate of drug-likeness (QED) is 0.723. The monoisotopic (exact) mass is 302 g/mol. The molecule has 1 aromatic rings. The predicted octanol–water partition coefficient (Wildman–Crippen LogP) is 2.33. The van der Waals surface area contributed by atoms with Crippen LogP contribution >= 0.6 is 0 Å². The summed E-state index contributed by atoms with van der Waals surface area (Å²) in [5.41, 5.74) is 0.710. The minimum atomic E-state index is -3.50. The molecule has 0 radical (unpaired) electrons. The van der Waals surface area contributed by atoms with Crippen LogP contribution in [0.5, 0.6) is 0 Å². The molecule has 0 saturated heterocycles. The van der Waals surface area contributed by atoms with E-state index in [4.69, 9.17) is 4.42 Å². The van der Waals surface area contributed by atoms with Crippen LogP contribution in [-0.2, 0) is 16.6 Å². The molecule has 0 aliphatic carbocycles. The lowest BCUT2D eigenvalue weighted by atomic mass is 10.1. The van der Waals surface area contributed by atoms with Gasteiger partial charge in [0.25, 0.3) is 0 Å². The molecule has 0 saturated carbocycles. The fraction of sp³-hybridized carbons (Fsp3) is 0.714. The lowest BCUT2D eigenvalue weighted by Gasteiger charge is -2.09. The summed E-state index contributed by atoms with van der Waals surface area (Å²) in [5.74, 6) is 1.68. The van der Waals surface area contributed by atoms with Crippen LogP contribution in [-0.4, -0.2) is 22.0 Å². The van der Waals surface area contributed by atoms with Crippen molar-refractivity contribution in [2.75, 3.05) is 13.6 Å². The Balaban J connectivity index is 2.87. The highest BCUT2D eigenvalue weighted by Gasteiger charge is 2.25. The third-order valence-electron chi connectivity index (χ3n) is 3.20. The van der Waals surface area contributed by atoms with Crippen LogP contribution in [0.15, 0.2) is 9.31 Å². The second-order valence-electron chi connectivity index (χ2n) is 5.49. The van der Waals surface area contributed by atoms with Gasteiger partial charge in [-0.25, -0.2) is 13.1 Å². The van der Waals surface area contributed by atoms with E-state index in [2.05, 4.69) is 23.9 Å². The maximum absolute atomic E-state index is 12.4. The maximum Gasteiger partial charge on any atom is 0.244 e. The Morgan fingerprint density at radius 3 is 2.40 bits per heavy atom. The Hall–Kier alpha value is -0.850. The first-order valence-corrected chi connectivity index (χ1v) is 8.51. The standard InChI is InChI=1S/C14H26N2O3S/c1-10(2)7-6-8-16-20(17,18)14-12(4)19-11(3)13(14)9-15-5/h10,15-16H,6-9H2,1-5H3. The van der Waals surface area contributed by atoms with Crippen LogP contribution in [0.25, 0.3) is 0 Å². The molecule has 1 rings (SSSR count). The number of furan rings is 1. The zero-order valence-electron chi connectivity index (χ0n) is 13.0. The highest BCUT2D eigenvalue weighted by molar-refractivity contribution is 7.89. The number of hydrogen-bond acceptors (Lipinski definition) is 4. The Kier molecular flexibility index (Phi) is 6.23. The van der Waals surface area contributed by atoms with Gasteiger partial charge in [0.1, 0.15) is 16.4 Å². The first-order valence-electron chi connectivity index (χ1n) is 7.02. The molecular weight excluding hydrogens is 276 g/mol. The average Bonchev–Trinajstić information content (AvgIpc) is 2.61. The van der Waals surface area contributed by atoms with Crippen molar-refractivity contribution in [3.63, 3.8) is 0 Å². The van der Waals surface area contributed by atoms with E-state index >= 15 is 0 Å². The lowest BCUT2D eigenvalue weighted by molar-refractivity contribution is 0.493. The normalized spacial score (nSPS) is 12.3. The zero-order valence-corrected chi connectivity index (χ0v) is 13.9. The van der Waals surface area contributed by atoms with E-state index in [1.54, 1.807) is 20.9 Å². The Morgan fingerprint density at radius 1 is 1.20 bits per heavy atom. The van der Waals surface area contributed by atoms with Crippen molar-refractivity contribution in [1.29, 1.82) is 0 Å². The molecule has 0 bridgehead atoms. The van der Waals surface area contributed by atoms with E-state index in [9.17, 15) is 8.42 Å². The van der Waals surface area contributed by atoms with Gasteiger partial charge in [-0.2, -0.15) is 0 Å². The van der Waals surface area contributed by atoms with Gasteiger partial charge >= 0.3 is 0 Å². The third-order valence-corrected chi connectivity index (χ3v) is 4.85. The SMILES string of the molecule is CNCc1c(C)oc(C)c1S(=O)(=O)NCCCC(C)C. The highest BCUT2D eigenvalue weighted by atomic mass is 32.2. The van der Waals surface area contributed by atoms with Crippen molar-refractivity contribution < 1.29 is 12.8 Å². The van der Waals surface area contributed by atoms with Crippen molar-refractivity contribution >= 4 is 10.0 Å². The molecule has 0 unspecified atom stereocenters. The van der Waals surface area contributed by atoms with Crippen molar-refractivity contribution in [2.24, 2.45) is 5.92 Å². The van der Waals surface area contributed by atoms with Gasteiger partial charge < -0.3 is 9.73 Å². The number of hydrogen-bond donors (Lipinski definition) is 2. The summed E-state index contributed by atoms with van der Waals surface area (Å²) in [6, 6.07) is 0. The summed E-state index contributed by atoms with van der Waals surface area (Å²) < 4.78 is 33.0. The van der Waals surface area contributed by atoms with E-state index in [0.717, 1.165) is 12.8 Å². The van der Waals surface area contributed by atoms with Crippen LogP contribution in [0.2, 0.25) is 0 Å². The van der Waals surface area contributed by atoms with Crippen LogP contribution < -0.4 is 10.0 Å². The smallest absolute Gasteiger partial charge is 0.244 e. The molecule has 0 fully saturated rings. The molecule has 0 aromatic carbocycles. The second-order valence-corrected chi connectivity index (χ2v) is 7.19. The molecule has 0 aliphatic heterocycles. The molecule has 2 N–H and O–H groups in total. The molecule has 6 heteroatoms. The van der Waals surface area contributed by atoms with Gasteiger partial charge in [-0.15, -0.1) is 0 Å². The van der Waals surface area contributed by atoms with Crippen LogP contribution in [0, 0.1) is 19.8 Å². The van der Waals surface area contributed by atoms with Crippen molar-refractivity contribution in [2.45, 2.75) is 52.0 Å². The maximum atomic E-state index is 12.4. The summed E-state index contributed by atoms with van der Waals surface area (Å²) >= 11 is 0. The van der Waals surface area contributed by atoms with Gasteiger partial charge in [-0.05, 0) is 39.7 Å². The first kappa shape index (κ1) is 17.2. The van der Waals surface area contributed by atoms with Crippen molar-refractivity contribution in [1.82, 2.24) is 10.0 Å². The number of sulfonamides is 1. The fourth-order valence-electron chi connectivity index (χ4n) is 2.23. The Bertz CT molecular complexity index is 533. The van der Waals surface area contributed by atoms with Crippen molar-refractivity contribution in [3.05, 3.63) is 17.1 Å². The Morgan fingerprint density at radius 2 is 1.85 bits per heavy atom. The van der Waals surface area contributed by atoms with Gasteiger partial charge in [0, 0.05) is 18.7 Å². The zero-order chi connectivity index (χ0) is 15.3. The first-order chi connectivity index (χ1) is 9.29. The molecular formula is C14H26N2O3S. The minimum absolute atomic E-state index is 0.286. The fourth-order valence-corrected chi connectivity index (χ4v) is 3.75. The highest BCUT2D eigenvalue weighted by Crippen LogP contribution is 2.26. The second kappa shape index (κ2) is 7.24. The van der Waals surface area contributed by atoms with E-state index in [1.165, 1.54) is 0 Å². The van der Waals surface area contributed by atoms with Gasteiger partial charge in [0.05, 0.1) is 0 Å². The largest absolute Gasteiger partial charge is 0.465 e. The third kappa shape index (κ3) is 4.33. The molecule has 1 heterocycles. The number of rotatable bonds is 8. The lowest BCUT2D eigenvalue weighted by Crippen LogP contribution is -2.26. The van der Waals surface area contributed by atoms with Crippen LogP contribution in [0.3, 0.4) is 0 Å². The van der Waals surface area contributed by atoms with E-state index in [1.807, 2.05) is 0 Å². The predicted molar refractivity (Wildman–Crippen MR) is 80.2 cm³/mol. The summed E-state index contributed by atoms with van der Waals surface area (Å²) in [4.78, 5) is 0.286. The van der Waals surface area contributed by atoms with E-state index in [0.29, 0.717) is 36.1 Å².